The predicted octanol–water partition coefficient (Wildman–Crippen LogP) is 5.09. The topological polar surface area (TPSA) is 73.1 Å². The molecule has 1 unspecified atom stereocenters. The molecule has 0 saturated heterocycles. The molecule has 2 aromatic carbocycles. The average molecular weight is 474 g/mol. The van der Waals surface area contributed by atoms with E-state index in [1.165, 1.54) is 0 Å². The summed E-state index contributed by atoms with van der Waals surface area (Å²) in [5, 5.41) is 10.4. The number of amides is 1. The van der Waals surface area contributed by atoms with E-state index in [-0.39, 0.29) is 11.9 Å². The van der Waals surface area contributed by atoms with Crippen LogP contribution in [0.2, 0.25) is 10.0 Å². The summed E-state index contributed by atoms with van der Waals surface area (Å²) >= 11 is 13.6. The highest BCUT2D eigenvalue weighted by molar-refractivity contribution is 7.21. The Bertz CT molecular complexity index is 1320. The maximum atomic E-state index is 13.1. The van der Waals surface area contributed by atoms with Crippen LogP contribution in [0, 0.1) is 0 Å². The van der Waals surface area contributed by atoms with Crippen LogP contribution in [-0.4, -0.2) is 44.2 Å². The minimum atomic E-state index is -0.244. The Labute approximate surface area is 192 Å². The molecule has 158 valence electrons. The van der Waals surface area contributed by atoms with Gasteiger partial charge in [-0.15, -0.1) is 21.5 Å². The molecule has 1 amide bonds. The van der Waals surface area contributed by atoms with E-state index in [0.29, 0.717) is 34.5 Å². The van der Waals surface area contributed by atoms with Crippen LogP contribution in [0.25, 0.3) is 21.0 Å². The van der Waals surface area contributed by atoms with Gasteiger partial charge in [0.1, 0.15) is 5.75 Å². The summed E-state index contributed by atoms with van der Waals surface area (Å²) in [6, 6.07) is 10.5. The number of fused-ring (bicyclic) bond motifs is 2. The Morgan fingerprint density at radius 3 is 2.74 bits per heavy atom. The number of thiazole rings is 1. The van der Waals surface area contributed by atoms with Crippen molar-refractivity contribution in [2.24, 2.45) is 0 Å². The first-order chi connectivity index (χ1) is 15.0. The van der Waals surface area contributed by atoms with Gasteiger partial charge in [-0.05, 0) is 43.3 Å². The van der Waals surface area contributed by atoms with E-state index < -0.39 is 0 Å². The number of aromatic nitrogens is 4. The number of nitrogens with zero attached hydrogens (tertiary/aromatic N) is 5. The highest BCUT2D eigenvalue weighted by atomic mass is 35.5. The number of halogens is 2. The van der Waals surface area contributed by atoms with Crippen molar-refractivity contribution in [1.29, 1.82) is 0 Å². The quantitative estimate of drug-likeness (QED) is 0.414. The van der Waals surface area contributed by atoms with Gasteiger partial charge in [-0.25, -0.2) is 4.98 Å². The fourth-order valence-electron chi connectivity index (χ4n) is 3.74. The predicted molar refractivity (Wildman–Crippen MR) is 121 cm³/mol. The van der Waals surface area contributed by atoms with Gasteiger partial charge in [-0.1, -0.05) is 23.2 Å². The van der Waals surface area contributed by atoms with Crippen LogP contribution in [0.1, 0.15) is 29.1 Å². The molecular weight excluding hydrogens is 457 g/mol. The largest absolute Gasteiger partial charge is 0.497 e. The van der Waals surface area contributed by atoms with Gasteiger partial charge >= 0.3 is 0 Å². The Hall–Kier alpha value is -2.68. The maximum Gasteiger partial charge on any atom is 0.254 e. The molecule has 1 aliphatic heterocycles. The maximum absolute atomic E-state index is 13.1. The van der Waals surface area contributed by atoms with Gasteiger partial charge in [-0.2, -0.15) is 0 Å². The van der Waals surface area contributed by atoms with Crippen LogP contribution in [0.5, 0.6) is 5.75 Å². The van der Waals surface area contributed by atoms with E-state index in [9.17, 15) is 4.79 Å². The second kappa shape index (κ2) is 7.78. The number of hydrogen-bond donors (Lipinski definition) is 0. The fraction of sp³-hybridized carbons (Fsp3) is 0.238. The Morgan fingerprint density at radius 2 is 1.97 bits per heavy atom. The monoisotopic (exact) mass is 473 g/mol. The lowest BCUT2D eigenvalue weighted by atomic mass is 10.1. The zero-order valence-corrected chi connectivity index (χ0v) is 19.0. The first-order valence-corrected chi connectivity index (χ1v) is 11.2. The smallest absolute Gasteiger partial charge is 0.254 e. The van der Waals surface area contributed by atoms with Crippen molar-refractivity contribution in [3.05, 3.63) is 57.8 Å². The molecule has 0 N–H and O–H groups in total. The zero-order chi connectivity index (χ0) is 21.7. The molecule has 10 heteroatoms. The second-order valence-corrected chi connectivity index (χ2v) is 9.03. The van der Waals surface area contributed by atoms with Crippen molar-refractivity contribution >= 4 is 50.7 Å². The van der Waals surface area contributed by atoms with Crippen molar-refractivity contribution in [2.75, 3.05) is 13.7 Å². The summed E-state index contributed by atoms with van der Waals surface area (Å²) in [6.07, 6.45) is 0. The van der Waals surface area contributed by atoms with Crippen molar-refractivity contribution < 1.29 is 9.53 Å². The minimum Gasteiger partial charge on any atom is -0.497 e. The lowest BCUT2D eigenvalue weighted by molar-refractivity contribution is 0.0638. The standard InChI is InChI=1S/C21H17Cl2N5O2S/c1-11-18-25-26-19(20-24-16-6-4-13(30-2)10-17(16)31-20)28(18)8-7-27(11)21(29)12-3-5-14(22)15(23)9-12/h3-6,9-11H,7-8H2,1-2H3. The summed E-state index contributed by atoms with van der Waals surface area (Å²) < 4.78 is 8.36. The van der Waals surface area contributed by atoms with E-state index in [2.05, 4.69) is 10.2 Å². The normalized spacial score (nSPS) is 15.9. The van der Waals surface area contributed by atoms with Crippen LogP contribution in [0.15, 0.2) is 36.4 Å². The molecule has 1 aliphatic rings. The van der Waals surface area contributed by atoms with Crippen LogP contribution in [-0.2, 0) is 6.54 Å². The molecule has 5 rings (SSSR count). The van der Waals surface area contributed by atoms with E-state index in [0.717, 1.165) is 26.8 Å². The molecule has 2 aromatic heterocycles. The molecule has 7 nitrogen and oxygen atoms in total. The minimum absolute atomic E-state index is 0.117. The number of ether oxygens (including phenoxy) is 1. The second-order valence-electron chi connectivity index (χ2n) is 7.19. The number of methoxy groups -OCH3 is 1. The molecule has 0 saturated carbocycles. The Morgan fingerprint density at radius 1 is 1.13 bits per heavy atom. The average Bonchev–Trinajstić information content (AvgIpc) is 3.39. The first-order valence-electron chi connectivity index (χ1n) is 9.60. The molecule has 3 heterocycles. The molecule has 0 spiro atoms. The molecule has 4 aromatic rings. The highest BCUT2D eigenvalue weighted by Gasteiger charge is 2.32. The summed E-state index contributed by atoms with van der Waals surface area (Å²) in [4.78, 5) is 19.6. The number of hydrogen-bond acceptors (Lipinski definition) is 6. The number of carbonyl (C=O) groups excluding carboxylic acids is 1. The SMILES string of the molecule is COc1ccc2nc(-c3nnc4n3CCN(C(=O)c3ccc(Cl)c(Cl)c3)C4C)sc2c1. The summed E-state index contributed by atoms with van der Waals surface area (Å²) in [7, 11) is 1.64. The fourth-order valence-corrected chi connectivity index (χ4v) is 5.03. The van der Waals surface area contributed by atoms with E-state index in [4.69, 9.17) is 32.9 Å². The Balaban J connectivity index is 1.46. The molecule has 0 fully saturated rings. The van der Waals surface area contributed by atoms with Crippen LogP contribution < -0.4 is 4.74 Å². The third-order valence-electron chi connectivity index (χ3n) is 5.40. The van der Waals surface area contributed by atoms with Gasteiger partial charge in [0.15, 0.2) is 16.7 Å². The van der Waals surface area contributed by atoms with Crippen LogP contribution in [0.4, 0.5) is 0 Å². The molecule has 0 bridgehead atoms. The lowest BCUT2D eigenvalue weighted by Crippen LogP contribution is -2.41. The van der Waals surface area contributed by atoms with Gasteiger partial charge in [0, 0.05) is 18.7 Å². The van der Waals surface area contributed by atoms with E-state index >= 15 is 0 Å². The Kier molecular flexibility index (Phi) is 5.08. The highest BCUT2D eigenvalue weighted by Crippen LogP contribution is 2.35. The molecular formula is C21H17Cl2N5O2S. The van der Waals surface area contributed by atoms with Crippen molar-refractivity contribution in [3.8, 4) is 16.6 Å². The van der Waals surface area contributed by atoms with Crippen molar-refractivity contribution in [1.82, 2.24) is 24.6 Å². The van der Waals surface area contributed by atoms with Gasteiger partial charge in [0.2, 0.25) is 0 Å². The molecule has 0 radical (unpaired) electrons. The van der Waals surface area contributed by atoms with E-state index in [1.807, 2.05) is 29.7 Å². The van der Waals surface area contributed by atoms with Crippen molar-refractivity contribution in [3.63, 3.8) is 0 Å². The number of carbonyl (C=O) groups is 1. The van der Waals surface area contributed by atoms with Gasteiger partial charge in [-0.3, -0.25) is 4.79 Å². The third-order valence-corrected chi connectivity index (χ3v) is 7.15. The first kappa shape index (κ1) is 20.2. The van der Waals surface area contributed by atoms with Crippen molar-refractivity contribution in [2.45, 2.75) is 19.5 Å². The van der Waals surface area contributed by atoms with Crippen LogP contribution >= 0.6 is 34.5 Å². The van der Waals surface area contributed by atoms with E-state index in [1.54, 1.807) is 41.5 Å². The molecule has 0 aliphatic carbocycles. The number of rotatable bonds is 3. The third kappa shape index (κ3) is 3.44. The summed E-state index contributed by atoms with van der Waals surface area (Å²) in [6.45, 7) is 3.05. The van der Waals surface area contributed by atoms with Crippen LogP contribution in [0.3, 0.4) is 0 Å². The molecule has 31 heavy (non-hydrogen) atoms. The summed E-state index contributed by atoms with van der Waals surface area (Å²) in [5.74, 6) is 2.11. The molecule has 1 atom stereocenters. The van der Waals surface area contributed by atoms with Gasteiger partial charge < -0.3 is 14.2 Å². The number of benzene rings is 2. The summed E-state index contributed by atoms with van der Waals surface area (Å²) in [5.41, 5.74) is 1.38. The van der Waals surface area contributed by atoms with Gasteiger partial charge in [0.25, 0.3) is 5.91 Å². The zero-order valence-electron chi connectivity index (χ0n) is 16.7. The lowest BCUT2D eigenvalue weighted by Gasteiger charge is -2.33. The van der Waals surface area contributed by atoms with Gasteiger partial charge in [0.05, 0.1) is 33.4 Å².